The molecular formula is C19H18ClF3N4. The zero-order chi connectivity index (χ0) is 19.8. The van der Waals surface area contributed by atoms with Crippen LogP contribution in [-0.4, -0.2) is 22.6 Å². The van der Waals surface area contributed by atoms with Gasteiger partial charge in [-0.05, 0) is 54.6 Å². The molecule has 1 atom stereocenters. The molecule has 0 N–H and O–H groups in total. The lowest BCUT2D eigenvalue weighted by Gasteiger charge is -2.32. The smallest absolute Gasteiger partial charge is 0.368 e. The van der Waals surface area contributed by atoms with Gasteiger partial charge >= 0.3 is 6.18 Å². The summed E-state index contributed by atoms with van der Waals surface area (Å²) in [5.41, 5.74) is 1.13. The Morgan fingerprint density at radius 2 is 2.11 bits per heavy atom. The minimum absolute atomic E-state index is 0.0588. The Bertz CT molecular complexity index is 924. The zero-order valence-corrected chi connectivity index (χ0v) is 15.6. The molecule has 1 aliphatic rings. The average Bonchev–Trinajstić information content (AvgIpc) is 2.99. The summed E-state index contributed by atoms with van der Waals surface area (Å²) in [6, 6.07) is 5.37. The van der Waals surface area contributed by atoms with Gasteiger partial charge in [-0.25, -0.2) is 4.98 Å². The molecule has 0 saturated heterocycles. The van der Waals surface area contributed by atoms with Crippen LogP contribution in [0.3, 0.4) is 0 Å². The van der Waals surface area contributed by atoms with Crippen molar-refractivity contribution in [3.05, 3.63) is 52.6 Å². The van der Waals surface area contributed by atoms with E-state index >= 15 is 0 Å². The van der Waals surface area contributed by atoms with Crippen LogP contribution < -0.4 is 4.90 Å². The Labute approximate surface area is 160 Å². The SMILES string of the molecule is CN(c1ccc(C#N)c(C(F)(F)F)c1)C1C=C(c2cnc(Cl)n2C)CCC1. The maximum Gasteiger partial charge on any atom is 0.417 e. The highest BCUT2D eigenvalue weighted by Crippen LogP contribution is 2.36. The number of hydrogen-bond donors (Lipinski definition) is 0. The van der Waals surface area contributed by atoms with E-state index in [-0.39, 0.29) is 11.6 Å². The molecule has 142 valence electrons. The van der Waals surface area contributed by atoms with Crippen LogP contribution >= 0.6 is 11.6 Å². The highest BCUT2D eigenvalue weighted by molar-refractivity contribution is 6.28. The summed E-state index contributed by atoms with van der Waals surface area (Å²) in [4.78, 5) is 5.91. The third kappa shape index (κ3) is 3.81. The highest BCUT2D eigenvalue weighted by Gasteiger charge is 2.34. The highest BCUT2D eigenvalue weighted by atomic mass is 35.5. The molecule has 2 aromatic rings. The lowest BCUT2D eigenvalue weighted by Crippen LogP contribution is -2.32. The predicted molar refractivity (Wildman–Crippen MR) is 98.4 cm³/mol. The summed E-state index contributed by atoms with van der Waals surface area (Å²) < 4.78 is 41.5. The Kier molecular flexibility index (Phi) is 5.20. The first-order valence-electron chi connectivity index (χ1n) is 8.45. The van der Waals surface area contributed by atoms with E-state index in [1.165, 1.54) is 6.07 Å². The van der Waals surface area contributed by atoms with E-state index in [0.29, 0.717) is 11.0 Å². The number of imidazole rings is 1. The first kappa shape index (κ1) is 19.3. The van der Waals surface area contributed by atoms with Crippen molar-refractivity contribution in [3.63, 3.8) is 0 Å². The van der Waals surface area contributed by atoms with Crippen LogP contribution in [0, 0.1) is 11.3 Å². The molecule has 1 unspecified atom stereocenters. The quantitative estimate of drug-likeness (QED) is 0.732. The second-order valence-corrected chi connectivity index (χ2v) is 6.91. The lowest BCUT2D eigenvalue weighted by molar-refractivity contribution is -0.137. The Balaban J connectivity index is 1.94. The van der Waals surface area contributed by atoms with Crippen molar-refractivity contribution in [2.45, 2.75) is 31.5 Å². The van der Waals surface area contributed by atoms with Crippen molar-refractivity contribution in [1.29, 1.82) is 5.26 Å². The van der Waals surface area contributed by atoms with Crippen LogP contribution in [0.4, 0.5) is 18.9 Å². The molecule has 0 radical (unpaired) electrons. The van der Waals surface area contributed by atoms with Crippen LogP contribution in [0.25, 0.3) is 5.57 Å². The third-order valence-electron chi connectivity index (χ3n) is 4.93. The standard InChI is InChI=1S/C19H18ClF3N4/c1-26(15-7-6-13(10-24)16(9-15)19(21,22)23)14-5-3-4-12(8-14)17-11-25-18(20)27(17)2/h6-9,11,14H,3-5H2,1-2H3. The number of halogens is 4. The number of nitriles is 1. The maximum atomic E-state index is 13.2. The first-order valence-corrected chi connectivity index (χ1v) is 8.82. The number of allylic oxidation sites excluding steroid dienone is 1. The van der Waals surface area contributed by atoms with Gasteiger partial charge in [-0.15, -0.1) is 0 Å². The van der Waals surface area contributed by atoms with E-state index < -0.39 is 11.7 Å². The fourth-order valence-electron chi connectivity index (χ4n) is 3.38. The number of hydrogen-bond acceptors (Lipinski definition) is 3. The van der Waals surface area contributed by atoms with Gasteiger partial charge in [-0.3, -0.25) is 0 Å². The number of benzene rings is 1. The molecule has 1 aromatic heterocycles. The van der Waals surface area contributed by atoms with Gasteiger partial charge in [0.1, 0.15) is 0 Å². The van der Waals surface area contributed by atoms with Crippen LogP contribution in [0.5, 0.6) is 0 Å². The number of anilines is 1. The number of likely N-dealkylation sites (N-methyl/N-ethyl adjacent to an activating group) is 1. The number of alkyl halides is 3. The van der Waals surface area contributed by atoms with Crippen molar-refractivity contribution in [2.75, 3.05) is 11.9 Å². The fourth-order valence-corrected chi connectivity index (χ4v) is 3.52. The fraction of sp³-hybridized carbons (Fsp3) is 0.368. The summed E-state index contributed by atoms with van der Waals surface area (Å²) in [7, 11) is 3.59. The molecule has 4 nitrogen and oxygen atoms in total. The molecular weight excluding hydrogens is 377 g/mol. The van der Waals surface area contributed by atoms with Crippen LogP contribution in [0.2, 0.25) is 5.28 Å². The molecule has 0 fully saturated rings. The van der Waals surface area contributed by atoms with Gasteiger partial charge in [0.25, 0.3) is 0 Å². The molecule has 8 heteroatoms. The monoisotopic (exact) mass is 394 g/mol. The molecule has 1 heterocycles. The first-order chi connectivity index (χ1) is 12.7. The minimum atomic E-state index is -4.57. The third-order valence-corrected chi connectivity index (χ3v) is 5.28. The molecule has 27 heavy (non-hydrogen) atoms. The molecule has 0 amide bonds. The second kappa shape index (κ2) is 7.28. The molecule has 0 spiro atoms. The molecule has 3 rings (SSSR count). The van der Waals surface area contributed by atoms with Gasteiger partial charge in [0.15, 0.2) is 0 Å². The number of aromatic nitrogens is 2. The van der Waals surface area contributed by atoms with Gasteiger partial charge in [0, 0.05) is 25.8 Å². The van der Waals surface area contributed by atoms with Crippen molar-refractivity contribution in [2.24, 2.45) is 7.05 Å². The summed E-state index contributed by atoms with van der Waals surface area (Å²) in [6.45, 7) is 0. The summed E-state index contributed by atoms with van der Waals surface area (Å²) >= 11 is 6.01. The minimum Gasteiger partial charge on any atom is -0.368 e. The van der Waals surface area contributed by atoms with Gasteiger partial charge in [0.2, 0.25) is 5.28 Å². The normalized spacial score (nSPS) is 17.4. The van der Waals surface area contributed by atoms with Crippen LogP contribution in [-0.2, 0) is 13.2 Å². The average molecular weight is 395 g/mol. The number of nitrogens with zero attached hydrogens (tertiary/aromatic N) is 4. The number of rotatable bonds is 3. The second-order valence-electron chi connectivity index (χ2n) is 6.57. The van der Waals surface area contributed by atoms with Crippen molar-refractivity contribution >= 4 is 22.9 Å². The van der Waals surface area contributed by atoms with Crippen molar-refractivity contribution < 1.29 is 13.2 Å². The van der Waals surface area contributed by atoms with E-state index in [2.05, 4.69) is 11.1 Å². The lowest BCUT2D eigenvalue weighted by atomic mass is 9.92. The molecule has 0 saturated carbocycles. The van der Waals surface area contributed by atoms with Crippen LogP contribution in [0.15, 0.2) is 30.5 Å². The van der Waals surface area contributed by atoms with Crippen molar-refractivity contribution in [1.82, 2.24) is 9.55 Å². The molecule has 1 aliphatic carbocycles. The Hall–Kier alpha value is -2.46. The van der Waals surface area contributed by atoms with Crippen molar-refractivity contribution in [3.8, 4) is 6.07 Å². The van der Waals surface area contributed by atoms with Gasteiger partial charge in [-0.1, -0.05) is 6.08 Å². The molecule has 0 bridgehead atoms. The Morgan fingerprint density at radius 3 is 2.70 bits per heavy atom. The zero-order valence-electron chi connectivity index (χ0n) is 14.9. The Morgan fingerprint density at radius 1 is 1.37 bits per heavy atom. The van der Waals surface area contributed by atoms with Gasteiger partial charge < -0.3 is 9.47 Å². The summed E-state index contributed by atoms with van der Waals surface area (Å²) in [5, 5.41) is 9.35. The van der Waals surface area contributed by atoms with E-state index in [0.717, 1.165) is 36.6 Å². The topological polar surface area (TPSA) is 44.9 Å². The van der Waals surface area contributed by atoms with E-state index in [4.69, 9.17) is 16.9 Å². The summed E-state index contributed by atoms with van der Waals surface area (Å²) in [6.07, 6.45) is 1.80. The largest absolute Gasteiger partial charge is 0.417 e. The van der Waals surface area contributed by atoms with E-state index in [1.807, 2.05) is 11.9 Å². The van der Waals surface area contributed by atoms with Gasteiger partial charge in [-0.2, -0.15) is 18.4 Å². The van der Waals surface area contributed by atoms with E-state index in [9.17, 15) is 13.2 Å². The molecule has 0 aliphatic heterocycles. The maximum absolute atomic E-state index is 13.2. The van der Waals surface area contributed by atoms with E-state index in [1.54, 1.807) is 29.9 Å². The molecule has 1 aromatic carbocycles. The van der Waals surface area contributed by atoms with Crippen LogP contribution in [0.1, 0.15) is 36.1 Å². The summed E-state index contributed by atoms with van der Waals surface area (Å²) in [5.74, 6) is 0. The predicted octanol–water partition coefficient (Wildman–Crippen LogP) is 5.04. The van der Waals surface area contributed by atoms with Gasteiger partial charge in [0.05, 0.1) is 29.1 Å².